The van der Waals surface area contributed by atoms with Gasteiger partial charge in [0.25, 0.3) is 5.91 Å². The Kier molecular flexibility index (Phi) is 7.24. The van der Waals surface area contributed by atoms with Crippen LogP contribution >= 0.6 is 0 Å². The molecule has 3 rings (SSSR count). The first-order chi connectivity index (χ1) is 14.7. The molecule has 0 aliphatic heterocycles. The van der Waals surface area contributed by atoms with E-state index in [-0.39, 0.29) is 5.91 Å². The molecule has 0 unspecified atom stereocenters. The lowest BCUT2D eigenvalue weighted by atomic mass is 9.96. The van der Waals surface area contributed by atoms with E-state index in [1.165, 1.54) is 10.6 Å². The average molecular weight is 417 g/mol. The Morgan fingerprint density at radius 2 is 1.74 bits per heavy atom. The maximum atomic E-state index is 13.6. The van der Waals surface area contributed by atoms with Crippen LogP contribution in [0.4, 0.5) is 0 Å². The molecule has 2 aromatic carbocycles. The molecule has 0 bridgehead atoms. The Bertz CT molecular complexity index is 1010. The highest BCUT2D eigenvalue weighted by atomic mass is 16.7. The van der Waals surface area contributed by atoms with E-state index in [1.807, 2.05) is 63.2 Å². The fraction of sp³-hybridized carbons (Fsp3) is 0.333. The van der Waals surface area contributed by atoms with E-state index < -0.39 is 5.60 Å². The van der Waals surface area contributed by atoms with Crippen LogP contribution in [0.2, 0.25) is 0 Å². The van der Waals surface area contributed by atoms with Gasteiger partial charge < -0.3 is 0 Å². The highest BCUT2D eigenvalue weighted by Gasteiger charge is 2.26. The average Bonchev–Trinajstić information content (AvgIpc) is 2.76. The van der Waals surface area contributed by atoms with Crippen molar-refractivity contribution in [2.75, 3.05) is 6.54 Å². The maximum Gasteiger partial charge on any atom is 0.296 e. The van der Waals surface area contributed by atoms with Crippen LogP contribution in [0.15, 0.2) is 72.9 Å². The van der Waals surface area contributed by atoms with Gasteiger partial charge in [-0.05, 0) is 55.9 Å². The van der Waals surface area contributed by atoms with Crippen molar-refractivity contribution in [2.45, 2.75) is 52.6 Å². The summed E-state index contributed by atoms with van der Waals surface area (Å²) in [4.78, 5) is 24.1. The number of nitrogens with zero attached hydrogens (tertiary/aromatic N) is 2. The Balaban J connectivity index is 1.93. The van der Waals surface area contributed by atoms with Crippen LogP contribution in [0, 0.1) is 0 Å². The summed E-state index contributed by atoms with van der Waals surface area (Å²) in [5.74, 6) is 0.179. The van der Waals surface area contributed by atoms with Gasteiger partial charge in [0.1, 0.15) is 5.69 Å². The summed E-state index contributed by atoms with van der Waals surface area (Å²) in [6.45, 7) is 10.6. The van der Waals surface area contributed by atoms with Crippen LogP contribution in [0.1, 0.15) is 62.2 Å². The Morgan fingerprint density at radius 1 is 1.00 bits per heavy atom. The zero-order chi connectivity index (χ0) is 22.4. The fourth-order valence-corrected chi connectivity index (χ4v) is 3.39. The van der Waals surface area contributed by atoms with Crippen LogP contribution < -0.4 is 0 Å². The molecule has 0 saturated carbocycles. The minimum absolute atomic E-state index is 0.226. The van der Waals surface area contributed by atoms with Crippen LogP contribution in [-0.4, -0.2) is 28.1 Å². The predicted octanol–water partition coefficient (Wildman–Crippen LogP) is 6.29. The molecule has 162 valence electrons. The van der Waals surface area contributed by atoms with Gasteiger partial charge in [-0.3, -0.25) is 14.6 Å². The van der Waals surface area contributed by atoms with Gasteiger partial charge in [-0.2, -0.15) is 0 Å². The van der Waals surface area contributed by atoms with Crippen molar-refractivity contribution in [1.82, 2.24) is 10.0 Å². The van der Waals surface area contributed by atoms with Crippen molar-refractivity contribution in [2.24, 2.45) is 0 Å². The van der Waals surface area contributed by atoms with Gasteiger partial charge in [-0.25, -0.2) is 5.06 Å². The Morgan fingerprint density at radius 3 is 2.42 bits per heavy atom. The van der Waals surface area contributed by atoms with E-state index in [2.05, 4.69) is 43.1 Å². The summed E-state index contributed by atoms with van der Waals surface area (Å²) in [6, 6.07) is 22.2. The number of hydrogen-bond acceptors (Lipinski definition) is 3. The lowest BCUT2D eigenvalue weighted by Gasteiger charge is -2.30. The lowest BCUT2D eigenvalue weighted by molar-refractivity contribution is -0.195. The Hall–Kier alpha value is -2.98. The molecule has 0 fully saturated rings. The van der Waals surface area contributed by atoms with Gasteiger partial charge in [0.15, 0.2) is 0 Å². The second-order valence-corrected chi connectivity index (χ2v) is 9.03. The summed E-state index contributed by atoms with van der Waals surface area (Å²) in [5.41, 5.74) is 4.09. The highest BCUT2D eigenvalue weighted by Crippen LogP contribution is 2.27. The fourth-order valence-electron chi connectivity index (χ4n) is 3.39. The van der Waals surface area contributed by atoms with Gasteiger partial charge in [0.05, 0.1) is 12.1 Å². The third kappa shape index (κ3) is 6.25. The smallest absolute Gasteiger partial charge is 0.265 e. The molecule has 0 radical (unpaired) electrons. The second-order valence-electron chi connectivity index (χ2n) is 9.03. The van der Waals surface area contributed by atoms with E-state index in [9.17, 15) is 4.79 Å². The van der Waals surface area contributed by atoms with Crippen LogP contribution in [-0.2, 0) is 11.3 Å². The van der Waals surface area contributed by atoms with E-state index in [0.29, 0.717) is 24.6 Å². The van der Waals surface area contributed by atoms with Crippen molar-refractivity contribution in [3.05, 3.63) is 89.7 Å². The first kappa shape index (κ1) is 22.7. The number of carbonyl (C=O) groups excluding carboxylic acids is 1. The van der Waals surface area contributed by atoms with E-state index in [1.54, 1.807) is 6.20 Å². The number of aromatic nitrogens is 1. The maximum absolute atomic E-state index is 13.6. The van der Waals surface area contributed by atoms with Crippen LogP contribution in [0.5, 0.6) is 0 Å². The molecule has 1 aromatic heterocycles. The summed E-state index contributed by atoms with van der Waals surface area (Å²) in [7, 11) is 0. The molecule has 1 amide bonds. The third-order valence-electron chi connectivity index (χ3n) is 4.93. The molecule has 4 nitrogen and oxygen atoms in total. The van der Waals surface area contributed by atoms with Crippen LogP contribution in [0.3, 0.4) is 0 Å². The van der Waals surface area contributed by atoms with Gasteiger partial charge in [-0.1, -0.05) is 74.5 Å². The van der Waals surface area contributed by atoms with Crippen molar-refractivity contribution in [3.63, 3.8) is 0 Å². The largest absolute Gasteiger partial charge is 0.296 e. The number of carbonyl (C=O) groups is 1. The monoisotopic (exact) mass is 416 g/mol. The van der Waals surface area contributed by atoms with Gasteiger partial charge in [0.2, 0.25) is 0 Å². The molecule has 3 aromatic rings. The van der Waals surface area contributed by atoms with Gasteiger partial charge in [-0.15, -0.1) is 0 Å². The number of amides is 1. The summed E-state index contributed by atoms with van der Waals surface area (Å²) in [5, 5.41) is 1.46. The quantitative estimate of drug-likeness (QED) is 0.425. The first-order valence-electron chi connectivity index (χ1n) is 10.8. The molecular weight excluding hydrogens is 384 g/mol. The topological polar surface area (TPSA) is 42.4 Å². The molecule has 31 heavy (non-hydrogen) atoms. The normalized spacial score (nSPS) is 11.5. The zero-order valence-electron chi connectivity index (χ0n) is 19.1. The molecular formula is C27H32N2O2. The highest BCUT2D eigenvalue weighted by molar-refractivity contribution is 5.98. The SMILES string of the molecule is CC(C)c1cccc(-c2cccnc2C(=O)N(CCc2ccccc2)OC(C)(C)C)c1. The van der Waals surface area contributed by atoms with Crippen molar-refractivity contribution in [1.29, 1.82) is 0 Å². The zero-order valence-corrected chi connectivity index (χ0v) is 19.1. The van der Waals surface area contributed by atoms with Crippen molar-refractivity contribution < 1.29 is 9.63 Å². The molecule has 0 spiro atoms. The van der Waals surface area contributed by atoms with Gasteiger partial charge >= 0.3 is 0 Å². The standard InChI is InChI=1S/C27H32N2O2/c1-20(2)22-13-9-14-23(19-22)24-15-10-17-28-25(24)26(30)29(31-27(3,4)5)18-16-21-11-7-6-8-12-21/h6-15,17,19-20H,16,18H2,1-5H3. The predicted molar refractivity (Wildman–Crippen MR) is 126 cm³/mol. The molecule has 0 aliphatic rings. The minimum Gasteiger partial charge on any atom is -0.265 e. The summed E-state index contributed by atoms with van der Waals surface area (Å²) in [6.07, 6.45) is 2.36. The molecule has 0 atom stereocenters. The van der Waals surface area contributed by atoms with Crippen molar-refractivity contribution >= 4 is 5.91 Å². The molecule has 4 heteroatoms. The van der Waals surface area contributed by atoms with Crippen molar-refractivity contribution in [3.8, 4) is 11.1 Å². The van der Waals surface area contributed by atoms with Crippen LogP contribution in [0.25, 0.3) is 11.1 Å². The molecule has 0 aliphatic carbocycles. The minimum atomic E-state index is -0.501. The second kappa shape index (κ2) is 9.88. The van der Waals surface area contributed by atoms with E-state index in [0.717, 1.165) is 16.7 Å². The Labute approximate surface area is 185 Å². The number of hydrogen-bond donors (Lipinski definition) is 0. The van der Waals surface area contributed by atoms with E-state index >= 15 is 0 Å². The molecule has 0 saturated heterocycles. The number of pyridine rings is 1. The lowest BCUT2D eigenvalue weighted by Crippen LogP contribution is -2.40. The van der Waals surface area contributed by atoms with E-state index in [4.69, 9.17) is 4.84 Å². The first-order valence-corrected chi connectivity index (χ1v) is 10.8. The van der Waals surface area contributed by atoms with Gasteiger partial charge in [0, 0.05) is 11.8 Å². The third-order valence-corrected chi connectivity index (χ3v) is 4.93. The molecule has 0 N–H and O–H groups in total. The number of rotatable bonds is 7. The number of benzene rings is 2. The number of hydroxylamine groups is 2. The molecule has 1 heterocycles. The summed E-state index contributed by atoms with van der Waals surface area (Å²) >= 11 is 0. The summed E-state index contributed by atoms with van der Waals surface area (Å²) < 4.78 is 0.